The van der Waals surface area contributed by atoms with E-state index in [9.17, 15) is 26.1 Å². The Bertz CT molecular complexity index is 313. The van der Waals surface area contributed by atoms with Crippen molar-refractivity contribution < 1.29 is 26.1 Å². The van der Waals surface area contributed by atoms with Crippen LogP contribution in [0.1, 0.15) is 5.56 Å². The minimum Gasteiger partial charge on any atom is -0.448 e. The van der Waals surface area contributed by atoms with Crippen LogP contribution in [0, 0.1) is 0 Å². The van der Waals surface area contributed by atoms with E-state index in [4.69, 9.17) is 0 Å². The van der Waals surface area contributed by atoms with Crippen molar-refractivity contribution in [1.29, 1.82) is 0 Å². The molecule has 0 fully saturated rings. The first kappa shape index (κ1) is 10.9. The molecule has 0 atom stereocenters. The van der Waals surface area contributed by atoms with Gasteiger partial charge in [-0.05, 0) is 0 Å². The number of hydrogen-bond acceptors (Lipinski definition) is 1. The van der Waals surface area contributed by atoms with Crippen LogP contribution >= 0.6 is 0 Å². The Morgan fingerprint density at radius 2 is 1.86 bits per heavy atom. The SMILES string of the molecule is F[B-](F)(F)Cn1cc(C(F)(F)F)cn1. The summed E-state index contributed by atoms with van der Waals surface area (Å²) in [5.74, 6) is 0. The molecule has 0 aliphatic carbocycles. The summed E-state index contributed by atoms with van der Waals surface area (Å²) >= 11 is 0. The third-order valence-corrected chi connectivity index (χ3v) is 1.35. The van der Waals surface area contributed by atoms with Crippen molar-refractivity contribution in [1.82, 2.24) is 9.78 Å². The largest absolute Gasteiger partial charge is 0.499 e. The van der Waals surface area contributed by atoms with Gasteiger partial charge in [0.25, 0.3) is 0 Å². The fourth-order valence-corrected chi connectivity index (χ4v) is 0.822. The highest BCUT2D eigenvalue weighted by Gasteiger charge is 2.33. The van der Waals surface area contributed by atoms with E-state index in [0.29, 0.717) is 12.4 Å². The Hall–Kier alpha value is -1.15. The Kier molecular flexibility index (Phi) is 2.51. The zero-order valence-corrected chi connectivity index (χ0v) is 6.60. The summed E-state index contributed by atoms with van der Waals surface area (Å²) < 4.78 is 71.2. The van der Waals surface area contributed by atoms with Crippen molar-refractivity contribution in [2.24, 2.45) is 0 Å². The predicted molar refractivity (Wildman–Crippen MR) is 36.3 cm³/mol. The Morgan fingerprint density at radius 1 is 1.29 bits per heavy atom. The van der Waals surface area contributed by atoms with Gasteiger partial charge in [-0.25, -0.2) is 0 Å². The highest BCUT2D eigenvalue weighted by molar-refractivity contribution is 6.57. The van der Waals surface area contributed by atoms with Crippen LogP contribution < -0.4 is 0 Å². The maximum Gasteiger partial charge on any atom is 0.499 e. The molecule has 0 amide bonds. The van der Waals surface area contributed by atoms with Gasteiger partial charge in [0.15, 0.2) is 0 Å². The molecule has 0 spiro atoms. The first-order valence-corrected chi connectivity index (χ1v) is 3.49. The summed E-state index contributed by atoms with van der Waals surface area (Å²) in [5, 5.41) is 2.96. The molecule has 0 bridgehead atoms. The second kappa shape index (κ2) is 3.21. The molecule has 80 valence electrons. The van der Waals surface area contributed by atoms with E-state index in [1.54, 1.807) is 0 Å². The number of aromatic nitrogens is 2. The van der Waals surface area contributed by atoms with Gasteiger partial charge in [-0.3, -0.25) is 4.68 Å². The lowest BCUT2D eigenvalue weighted by Crippen LogP contribution is -2.24. The zero-order chi connectivity index (χ0) is 11.0. The van der Waals surface area contributed by atoms with Gasteiger partial charge in [0.1, 0.15) is 0 Å². The quantitative estimate of drug-likeness (QED) is 0.548. The molecule has 0 radical (unpaired) electrons. The normalized spacial score (nSPS) is 13.3. The lowest BCUT2D eigenvalue weighted by atomic mass is 9.93. The zero-order valence-electron chi connectivity index (χ0n) is 6.60. The number of hydrogen-bond donors (Lipinski definition) is 0. The summed E-state index contributed by atoms with van der Waals surface area (Å²) in [6.07, 6.45) is -5.43. The molecule has 0 saturated heterocycles. The molecule has 0 unspecified atom stereocenters. The summed E-state index contributed by atoms with van der Waals surface area (Å²) in [7, 11) is 0. The van der Waals surface area contributed by atoms with Crippen molar-refractivity contribution in [2.45, 2.75) is 12.6 Å². The molecule has 9 heteroatoms. The second-order valence-corrected chi connectivity index (χ2v) is 2.66. The molecule has 0 saturated carbocycles. The standard InChI is InChI=1S/C5H4BF6N2/c7-5(8,9)4-1-13-14(2-4)3-6(10,11)12/h1-2H,3H2/q-1. The molecule has 0 N–H and O–H groups in total. The average molecular weight is 217 g/mol. The smallest absolute Gasteiger partial charge is 0.448 e. The predicted octanol–water partition coefficient (Wildman–Crippen LogP) is 2.29. The molecule has 2 nitrogen and oxygen atoms in total. The number of nitrogens with zero attached hydrogens (tertiary/aromatic N) is 2. The molecule has 1 aromatic heterocycles. The van der Waals surface area contributed by atoms with Crippen molar-refractivity contribution in [3.63, 3.8) is 0 Å². The maximum atomic E-state index is 11.9. The Morgan fingerprint density at radius 3 is 2.21 bits per heavy atom. The van der Waals surface area contributed by atoms with E-state index in [1.807, 2.05) is 0 Å². The molecular weight excluding hydrogens is 213 g/mol. The van der Waals surface area contributed by atoms with E-state index in [0.717, 1.165) is 0 Å². The summed E-state index contributed by atoms with van der Waals surface area (Å²) in [5.41, 5.74) is -1.18. The van der Waals surface area contributed by atoms with E-state index in [1.165, 1.54) is 0 Å². The molecule has 0 aliphatic rings. The van der Waals surface area contributed by atoms with Crippen LogP contribution in [0.5, 0.6) is 0 Å². The van der Waals surface area contributed by atoms with E-state index in [2.05, 4.69) is 5.10 Å². The maximum absolute atomic E-state index is 11.9. The second-order valence-electron chi connectivity index (χ2n) is 2.66. The number of alkyl halides is 3. The summed E-state index contributed by atoms with van der Waals surface area (Å²) in [4.78, 5) is 0. The monoisotopic (exact) mass is 217 g/mol. The van der Waals surface area contributed by atoms with Crippen LogP contribution in [-0.4, -0.2) is 16.8 Å². The molecule has 0 aromatic carbocycles. The highest BCUT2D eigenvalue weighted by atomic mass is 19.4. The topological polar surface area (TPSA) is 17.8 Å². The highest BCUT2D eigenvalue weighted by Crippen LogP contribution is 2.28. The number of rotatable bonds is 2. The average Bonchev–Trinajstić information content (AvgIpc) is 2.29. The van der Waals surface area contributed by atoms with Gasteiger partial charge in [0.05, 0.1) is 11.8 Å². The van der Waals surface area contributed by atoms with Gasteiger partial charge in [-0.15, -0.1) is 0 Å². The van der Waals surface area contributed by atoms with Gasteiger partial charge < -0.3 is 12.9 Å². The van der Waals surface area contributed by atoms with Crippen LogP contribution in [-0.2, 0) is 12.6 Å². The van der Waals surface area contributed by atoms with Gasteiger partial charge in [-0.1, -0.05) is 0 Å². The van der Waals surface area contributed by atoms with E-state index >= 15 is 0 Å². The van der Waals surface area contributed by atoms with Gasteiger partial charge >= 0.3 is 13.2 Å². The van der Waals surface area contributed by atoms with Crippen LogP contribution in [0.3, 0.4) is 0 Å². The van der Waals surface area contributed by atoms with Crippen LogP contribution in [0.2, 0.25) is 0 Å². The Labute approximate surface area is 74.6 Å². The summed E-state index contributed by atoms with van der Waals surface area (Å²) in [6, 6.07) is 0. The van der Waals surface area contributed by atoms with Gasteiger partial charge in [-0.2, -0.15) is 18.3 Å². The third-order valence-electron chi connectivity index (χ3n) is 1.35. The minimum atomic E-state index is -5.18. The Balaban J connectivity index is 2.79. The fourth-order valence-electron chi connectivity index (χ4n) is 0.822. The van der Waals surface area contributed by atoms with Crippen LogP contribution in [0.25, 0.3) is 0 Å². The summed E-state index contributed by atoms with van der Waals surface area (Å²) in [6.45, 7) is -5.18. The number of halogens is 6. The molecule has 14 heavy (non-hydrogen) atoms. The molecular formula is C5H4BF6N2-. The van der Waals surface area contributed by atoms with Crippen LogP contribution in [0.4, 0.5) is 26.1 Å². The molecule has 0 aliphatic heterocycles. The van der Waals surface area contributed by atoms with E-state index < -0.39 is 25.2 Å². The van der Waals surface area contributed by atoms with Crippen molar-refractivity contribution in [3.8, 4) is 0 Å². The van der Waals surface area contributed by atoms with Crippen molar-refractivity contribution in [3.05, 3.63) is 18.0 Å². The van der Waals surface area contributed by atoms with Crippen LogP contribution in [0.15, 0.2) is 12.4 Å². The first-order valence-electron chi connectivity index (χ1n) is 3.49. The third kappa shape index (κ3) is 2.97. The first-order chi connectivity index (χ1) is 6.18. The van der Waals surface area contributed by atoms with Crippen molar-refractivity contribution in [2.75, 3.05) is 0 Å². The molecule has 1 heterocycles. The van der Waals surface area contributed by atoms with E-state index in [-0.39, 0.29) is 4.68 Å². The minimum absolute atomic E-state index is 0.225. The lowest BCUT2D eigenvalue weighted by molar-refractivity contribution is -0.137. The van der Waals surface area contributed by atoms with Gasteiger partial charge in [0.2, 0.25) is 0 Å². The fraction of sp³-hybridized carbons (Fsp3) is 0.400. The molecule has 1 rings (SSSR count). The van der Waals surface area contributed by atoms with Crippen molar-refractivity contribution >= 4 is 6.98 Å². The molecule has 1 aromatic rings. The van der Waals surface area contributed by atoms with Gasteiger partial charge in [0, 0.05) is 12.6 Å². The lowest BCUT2D eigenvalue weighted by Gasteiger charge is -2.12.